The van der Waals surface area contributed by atoms with Gasteiger partial charge in [0.25, 0.3) is 0 Å². The molecule has 102 valence electrons. The Kier molecular flexibility index (Phi) is 3.37. The summed E-state index contributed by atoms with van der Waals surface area (Å²) in [6.07, 6.45) is 4.49. The van der Waals surface area contributed by atoms with E-state index in [2.05, 4.69) is 60.7 Å². The number of fused-ring (bicyclic) bond motifs is 1. The quantitative estimate of drug-likeness (QED) is 0.709. The summed E-state index contributed by atoms with van der Waals surface area (Å²) in [5.41, 5.74) is 0. The minimum atomic E-state index is -2.38. The van der Waals surface area contributed by atoms with E-state index in [1.165, 1.54) is 19.3 Å². The first-order valence-corrected chi connectivity index (χ1v) is 14.9. The summed E-state index contributed by atoms with van der Waals surface area (Å²) in [6.45, 7) is 0. The molecule has 2 aromatic carbocycles. The average molecular weight is 369 g/mol. The zero-order chi connectivity index (χ0) is 13.4. The summed E-state index contributed by atoms with van der Waals surface area (Å²) in [4.78, 5) is 0. The average Bonchev–Trinajstić information content (AvgIpc) is 3.09. The van der Waals surface area contributed by atoms with Crippen LogP contribution < -0.4 is 7.16 Å². The van der Waals surface area contributed by atoms with Gasteiger partial charge >= 0.3 is 126 Å². The summed E-state index contributed by atoms with van der Waals surface area (Å²) in [5.74, 6) is 2.09. The molecule has 0 nitrogen and oxygen atoms in total. The van der Waals surface area contributed by atoms with Crippen molar-refractivity contribution in [2.45, 2.75) is 28.1 Å². The number of hydrogen-bond acceptors (Lipinski definition) is 0. The SMILES string of the molecule is c1cc[c]([Sn]2([c]3ccccc3)[CH2][C@H]3CCC[C@@H]3[CH2]2)cc1. The molecule has 1 saturated heterocycles. The van der Waals surface area contributed by atoms with Crippen molar-refractivity contribution in [3.63, 3.8) is 0 Å². The number of benzene rings is 2. The van der Waals surface area contributed by atoms with Gasteiger partial charge in [-0.3, -0.25) is 0 Å². The molecule has 1 aliphatic carbocycles. The predicted molar refractivity (Wildman–Crippen MR) is 88.4 cm³/mol. The Morgan fingerprint density at radius 2 is 1.10 bits per heavy atom. The third kappa shape index (κ3) is 2.04. The van der Waals surface area contributed by atoms with Crippen LogP contribution in [-0.2, 0) is 0 Å². The van der Waals surface area contributed by atoms with Gasteiger partial charge in [0.1, 0.15) is 0 Å². The molecule has 1 heterocycles. The van der Waals surface area contributed by atoms with E-state index < -0.39 is 18.4 Å². The van der Waals surface area contributed by atoms with E-state index in [0.717, 1.165) is 11.8 Å². The van der Waals surface area contributed by atoms with E-state index in [1.807, 2.05) is 0 Å². The standard InChI is InChI=1S/C7H12.2C6H5.Sn/c1-6-4-3-5-7(6)2;2*1-2-4-6-5-3-1;/h6-7H,1-5H2;2*1-5H;/t6-,7-;;;/m0.../s1. The van der Waals surface area contributed by atoms with Crippen molar-refractivity contribution >= 4 is 25.5 Å². The topological polar surface area (TPSA) is 0 Å². The van der Waals surface area contributed by atoms with Crippen LogP contribution in [0.3, 0.4) is 0 Å². The minimum absolute atomic E-state index is 1.05. The summed E-state index contributed by atoms with van der Waals surface area (Å²) >= 11 is -2.38. The van der Waals surface area contributed by atoms with Crippen LogP contribution in [0.15, 0.2) is 60.7 Å². The van der Waals surface area contributed by atoms with Gasteiger partial charge in [-0.25, -0.2) is 0 Å². The molecule has 2 atom stereocenters. The van der Waals surface area contributed by atoms with Crippen molar-refractivity contribution in [1.82, 2.24) is 0 Å². The molecule has 0 radical (unpaired) electrons. The van der Waals surface area contributed by atoms with Gasteiger partial charge in [0, 0.05) is 0 Å². The molecule has 0 N–H and O–H groups in total. The Labute approximate surface area is 126 Å². The van der Waals surface area contributed by atoms with Gasteiger partial charge in [0.05, 0.1) is 0 Å². The van der Waals surface area contributed by atoms with E-state index >= 15 is 0 Å². The van der Waals surface area contributed by atoms with Gasteiger partial charge < -0.3 is 0 Å². The van der Waals surface area contributed by atoms with E-state index in [9.17, 15) is 0 Å². The first-order valence-electron chi connectivity index (χ1n) is 7.99. The van der Waals surface area contributed by atoms with Crippen molar-refractivity contribution in [3.05, 3.63) is 60.7 Å². The summed E-state index contributed by atoms with van der Waals surface area (Å²) in [7, 11) is 0. The summed E-state index contributed by atoms with van der Waals surface area (Å²) in [6, 6.07) is 23.1. The van der Waals surface area contributed by atoms with Crippen molar-refractivity contribution in [2.24, 2.45) is 11.8 Å². The molecular weight excluding hydrogens is 347 g/mol. The second-order valence-corrected chi connectivity index (χ2v) is 18.5. The normalized spacial score (nSPS) is 27.4. The Hall–Kier alpha value is -0.761. The van der Waals surface area contributed by atoms with E-state index in [0.29, 0.717) is 0 Å². The number of hydrogen-bond donors (Lipinski definition) is 0. The molecule has 0 amide bonds. The van der Waals surface area contributed by atoms with Crippen LogP contribution in [0.1, 0.15) is 19.3 Å². The van der Waals surface area contributed by atoms with E-state index in [1.54, 1.807) is 16.0 Å². The van der Waals surface area contributed by atoms with Crippen molar-refractivity contribution in [3.8, 4) is 0 Å². The van der Waals surface area contributed by atoms with Crippen LogP contribution in [0.25, 0.3) is 0 Å². The summed E-state index contributed by atoms with van der Waals surface area (Å²) < 4.78 is 6.60. The van der Waals surface area contributed by atoms with Gasteiger partial charge in [-0.15, -0.1) is 0 Å². The number of rotatable bonds is 2. The fourth-order valence-electron chi connectivity index (χ4n) is 4.78. The monoisotopic (exact) mass is 370 g/mol. The zero-order valence-electron chi connectivity index (χ0n) is 12.0. The van der Waals surface area contributed by atoms with Crippen molar-refractivity contribution < 1.29 is 0 Å². The third-order valence-electron chi connectivity index (χ3n) is 5.69. The maximum absolute atomic E-state index is 2.43. The van der Waals surface area contributed by atoms with Crippen LogP contribution in [0, 0.1) is 11.8 Å². The fourth-order valence-corrected chi connectivity index (χ4v) is 21.8. The molecule has 2 aliphatic rings. The van der Waals surface area contributed by atoms with Crippen LogP contribution in [-0.4, -0.2) is 18.4 Å². The molecular formula is C19H22Sn. The van der Waals surface area contributed by atoms with Gasteiger partial charge in [-0.2, -0.15) is 0 Å². The van der Waals surface area contributed by atoms with Gasteiger partial charge in [-0.05, 0) is 0 Å². The van der Waals surface area contributed by atoms with Crippen molar-refractivity contribution in [1.29, 1.82) is 0 Å². The second kappa shape index (κ2) is 5.21. The molecule has 0 unspecified atom stereocenters. The van der Waals surface area contributed by atoms with Crippen LogP contribution in [0.2, 0.25) is 8.87 Å². The van der Waals surface area contributed by atoms with Crippen LogP contribution in [0.5, 0.6) is 0 Å². The second-order valence-electron chi connectivity index (χ2n) is 6.67. The third-order valence-corrected chi connectivity index (χ3v) is 20.9. The maximum atomic E-state index is 2.43. The Bertz CT molecular complexity index is 522. The Morgan fingerprint density at radius 3 is 1.55 bits per heavy atom. The molecule has 2 aromatic rings. The molecule has 4 rings (SSSR count). The van der Waals surface area contributed by atoms with Crippen molar-refractivity contribution in [2.75, 3.05) is 0 Å². The fraction of sp³-hybridized carbons (Fsp3) is 0.368. The zero-order valence-corrected chi connectivity index (χ0v) is 14.8. The van der Waals surface area contributed by atoms with Crippen LogP contribution in [0.4, 0.5) is 0 Å². The van der Waals surface area contributed by atoms with E-state index in [4.69, 9.17) is 0 Å². The molecule has 1 aliphatic heterocycles. The van der Waals surface area contributed by atoms with Gasteiger partial charge in [0.15, 0.2) is 0 Å². The molecule has 0 spiro atoms. The summed E-state index contributed by atoms with van der Waals surface area (Å²) in [5, 5.41) is 0. The van der Waals surface area contributed by atoms with Gasteiger partial charge in [0.2, 0.25) is 0 Å². The Morgan fingerprint density at radius 1 is 0.650 bits per heavy atom. The molecule has 0 bridgehead atoms. The van der Waals surface area contributed by atoms with E-state index in [-0.39, 0.29) is 0 Å². The molecule has 20 heavy (non-hydrogen) atoms. The first-order chi connectivity index (χ1) is 9.88. The molecule has 1 saturated carbocycles. The van der Waals surface area contributed by atoms with Gasteiger partial charge in [-0.1, -0.05) is 0 Å². The molecule has 0 aromatic heterocycles. The predicted octanol–water partition coefficient (Wildman–Crippen LogP) is 3.68. The molecule has 2 fully saturated rings. The van der Waals surface area contributed by atoms with Crippen LogP contribution >= 0.6 is 0 Å². The molecule has 1 heteroatoms. The first kappa shape index (κ1) is 12.9. The Balaban J connectivity index is 1.82.